The van der Waals surface area contributed by atoms with Crippen molar-refractivity contribution < 1.29 is 0 Å². The summed E-state index contributed by atoms with van der Waals surface area (Å²) in [6, 6.07) is 19.6. The van der Waals surface area contributed by atoms with Gasteiger partial charge in [-0.25, -0.2) is 4.98 Å². The molecule has 7 heteroatoms. The van der Waals surface area contributed by atoms with Crippen LogP contribution in [-0.2, 0) is 0 Å². The van der Waals surface area contributed by atoms with E-state index in [1.807, 2.05) is 42.5 Å². The molecule has 5 aromatic rings. The average molecular weight is 411 g/mol. The number of nitrogens with one attached hydrogen (secondary N) is 3. The molecule has 30 heavy (non-hydrogen) atoms. The molecular formula is C23H18N6S. The van der Waals surface area contributed by atoms with Gasteiger partial charge in [-0.1, -0.05) is 30.3 Å². The zero-order valence-electron chi connectivity index (χ0n) is 15.9. The molecule has 0 amide bonds. The monoisotopic (exact) mass is 410 g/mol. The summed E-state index contributed by atoms with van der Waals surface area (Å²) >= 11 is 1.68. The second-order valence-electron chi connectivity index (χ2n) is 7.08. The second-order valence-corrected chi connectivity index (χ2v) is 7.99. The van der Waals surface area contributed by atoms with E-state index in [9.17, 15) is 0 Å². The van der Waals surface area contributed by atoms with E-state index in [0.29, 0.717) is 11.1 Å². The van der Waals surface area contributed by atoms with Crippen molar-refractivity contribution in [1.82, 2.24) is 9.97 Å². The topological polar surface area (TPSA) is 128 Å². The number of benzene rings is 3. The number of fused-ring (bicyclic) bond motifs is 2. The number of amidine groups is 2. The summed E-state index contributed by atoms with van der Waals surface area (Å²) in [6.07, 6.45) is 0. The second kappa shape index (κ2) is 6.82. The van der Waals surface area contributed by atoms with E-state index in [-0.39, 0.29) is 11.7 Å². The zero-order valence-corrected chi connectivity index (χ0v) is 16.7. The molecule has 5 rings (SSSR count). The number of nitrogens with two attached hydrogens (primary N) is 2. The van der Waals surface area contributed by atoms with Crippen molar-refractivity contribution in [2.45, 2.75) is 0 Å². The highest BCUT2D eigenvalue weighted by Gasteiger charge is 2.13. The smallest absolute Gasteiger partial charge is 0.139 e. The van der Waals surface area contributed by atoms with Crippen molar-refractivity contribution in [3.8, 4) is 22.5 Å². The van der Waals surface area contributed by atoms with Gasteiger partial charge in [-0.2, -0.15) is 0 Å². The molecule has 3 aromatic carbocycles. The lowest BCUT2D eigenvalue weighted by Crippen LogP contribution is -2.10. The third kappa shape index (κ3) is 3.01. The van der Waals surface area contributed by atoms with Gasteiger partial charge in [0.1, 0.15) is 17.5 Å². The van der Waals surface area contributed by atoms with Crippen molar-refractivity contribution in [2.24, 2.45) is 11.5 Å². The first-order valence-corrected chi connectivity index (χ1v) is 10.2. The number of nitrogens with zero attached hydrogens (tertiary/aromatic N) is 1. The third-order valence-electron chi connectivity index (χ3n) is 5.15. The van der Waals surface area contributed by atoms with Gasteiger partial charge in [0.15, 0.2) is 0 Å². The van der Waals surface area contributed by atoms with Crippen LogP contribution in [0.15, 0.2) is 66.0 Å². The Labute approximate surface area is 176 Å². The molecule has 0 atom stereocenters. The molecule has 0 aliphatic carbocycles. The molecule has 0 aliphatic heterocycles. The van der Waals surface area contributed by atoms with Crippen LogP contribution in [0, 0.1) is 10.8 Å². The lowest BCUT2D eigenvalue weighted by Gasteiger charge is -2.05. The van der Waals surface area contributed by atoms with Gasteiger partial charge >= 0.3 is 0 Å². The summed E-state index contributed by atoms with van der Waals surface area (Å²) in [4.78, 5) is 8.11. The Hall–Kier alpha value is -3.97. The highest BCUT2D eigenvalue weighted by atomic mass is 32.1. The largest absolute Gasteiger partial charge is 0.384 e. The van der Waals surface area contributed by atoms with Crippen molar-refractivity contribution in [3.05, 3.63) is 77.2 Å². The Morgan fingerprint density at radius 2 is 1.53 bits per heavy atom. The maximum Gasteiger partial charge on any atom is 0.139 e. The minimum atomic E-state index is 0.0365. The Balaban J connectivity index is 1.60. The molecule has 2 heterocycles. The maximum absolute atomic E-state index is 7.63. The van der Waals surface area contributed by atoms with E-state index >= 15 is 0 Å². The number of hydrogen-bond acceptors (Lipinski definition) is 4. The van der Waals surface area contributed by atoms with Crippen molar-refractivity contribution in [2.75, 3.05) is 0 Å². The van der Waals surface area contributed by atoms with Crippen LogP contribution in [0.5, 0.6) is 0 Å². The molecule has 2 aromatic heterocycles. The van der Waals surface area contributed by atoms with E-state index in [1.54, 1.807) is 11.3 Å². The van der Waals surface area contributed by atoms with Crippen LogP contribution in [0.1, 0.15) is 11.1 Å². The Kier molecular flexibility index (Phi) is 4.11. The molecule has 7 N–H and O–H groups in total. The summed E-state index contributed by atoms with van der Waals surface area (Å²) in [5.41, 5.74) is 17.4. The minimum absolute atomic E-state index is 0.0365. The quantitative estimate of drug-likeness (QED) is 0.218. The molecule has 0 saturated heterocycles. The molecule has 146 valence electrons. The van der Waals surface area contributed by atoms with Crippen LogP contribution in [0.4, 0.5) is 0 Å². The highest BCUT2D eigenvalue weighted by molar-refractivity contribution is 7.17. The lowest BCUT2D eigenvalue weighted by molar-refractivity contribution is 1.35. The zero-order chi connectivity index (χ0) is 20.8. The van der Waals surface area contributed by atoms with Gasteiger partial charge < -0.3 is 16.5 Å². The molecule has 0 bridgehead atoms. The van der Waals surface area contributed by atoms with E-state index in [2.05, 4.69) is 28.6 Å². The van der Waals surface area contributed by atoms with E-state index in [0.717, 1.165) is 38.9 Å². The van der Waals surface area contributed by atoms with Gasteiger partial charge in [0.25, 0.3) is 0 Å². The Morgan fingerprint density at radius 3 is 2.27 bits per heavy atom. The summed E-state index contributed by atoms with van der Waals surface area (Å²) in [5.74, 6) is 0.894. The van der Waals surface area contributed by atoms with Gasteiger partial charge in [0.05, 0.1) is 11.0 Å². The fourth-order valence-electron chi connectivity index (χ4n) is 3.54. The number of aromatic nitrogens is 2. The van der Waals surface area contributed by atoms with Crippen molar-refractivity contribution in [3.63, 3.8) is 0 Å². The fourth-order valence-corrected chi connectivity index (χ4v) is 4.46. The molecule has 0 saturated carbocycles. The van der Waals surface area contributed by atoms with Crippen LogP contribution in [0.2, 0.25) is 0 Å². The Bertz CT molecular complexity index is 1440. The summed E-state index contributed by atoms with van der Waals surface area (Å²) in [5, 5.41) is 18.4. The highest BCUT2D eigenvalue weighted by Crippen LogP contribution is 2.36. The van der Waals surface area contributed by atoms with Crippen molar-refractivity contribution in [1.29, 1.82) is 10.8 Å². The minimum Gasteiger partial charge on any atom is -0.384 e. The lowest BCUT2D eigenvalue weighted by atomic mass is 10.0. The van der Waals surface area contributed by atoms with Crippen LogP contribution >= 0.6 is 11.3 Å². The number of rotatable bonds is 4. The average Bonchev–Trinajstić information content (AvgIpc) is 3.36. The molecule has 0 fully saturated rings. The third-order valence-corrected chi connectivity index (χ3v) is 6.11. The molecule has 0 spiro atoms. The van der Waals surface area contributed by atoms with Crippen LogP contribution < -0.4 is 11.5 Å². The number of imidazole rings is 1. The molecule has 0 radical (unpaired) electrons. The first-order valence-electron chi connectivity index (χ1n) is 9.30. The predicted molar refractivity (Wildman–Crippen MR) is 124 cm³/mol. The maximum atomic E-state index is 7.63. The molecule has 0 unspecified atom stereocenters. The number of thiophene rings is 1. The summed E-state index contributed by atoms with van der Waals surface area (Å²) in [7, 11) is 0. The van der Waals surface area contributed by atoms with Gasteiger partial charge in [-0.3, -0.25) is 10.8 Å². The van der Waals surface area contributed by atoms with Gasteiger partial charge in [-0.05, 0) is 41.5 Å². The SMILES string of the molecule is N=C(N)c1ccc(-c2ccc3scc(-c4nc5ccc(C(=N)N)cc5[nH]4)c3c2)cc1. The van der Waals surface area contributed by atoms with E-state index in [4.69, 9.17) is 27.3 Å². The molecule has 0 aliphatic rings. The number of nitrogen functional groups attached to an aromatic ring is 2. The predicted octanol–water partition coefficient (Wildman–Crippen LogP) is 4.68. The Morgan fingerprint density at radius 1 is 0.833 bits per heavy atom. The standard InChI is InChI=1S/C23H18N6S/c24-21(25)13-3-1-12(2-4-13)14-6-8-20-16(9-14)17(11-30-20)23-28-18-7-5-15(22(26)27)10-19(18)29-23/h1-11H,(H3,24,25)(H3,26,27)(H,28,29). The molecule has 6 nitrogen and oxygen atoms in total. The van der Waals surface area contributed by atoms with E-state index < -0.39 is 0 Å². The summed E-state index contributed by atoms with van der Waals surface area (Å²) < 4.78 is 1.18. The summed E-state index contributed by atoms with van der Waals surface area (Å²) in [6.45, 7) is 0. The van der Waals surface area contributed by atoms with Crippen LogP contribution in [0.25, 0.3) is 43.6 Å². The number of hydrogen-bond donors (Lipinski definition) is 5. The molecular weight excluding hydrogens is 392 g/mol. The first-order chi connectivity index (χ1) is 14.5. The van der Waals surface area contributed by atoms with Gasteiger partial charge in [0, 0.05) is 32.2 Å². The number of aromatic amines is 1. The van der Waals surface area contributed by atoms with E-state index in [1.165, 1.54) is 4.70 Å². The van der Waals surface area contributed by atoms with Crippen molar-refractivity contribution >= 4 is 44.1 Å². The van der Waals surface area contributed by atoms with Gasteiger partial charge in [0.2, 0.25) is 0 Å². The van der Waals surface area contributed by atoms with Crippen LogP contribution in [0.3, 0.4) is 0 Å². The van der Waals surface area contributed by atoms with Crippen LogP contribution in [-0.4, -0.2) is 21.6 Å². The first kappa shape index (κ1) is 18.1. The normalized spacial score (nSPS) is 11.2. The van der Waals surface area contributed by atoms with Gasteiger partial charge in [-0.15, -0.1) is 11.3 Å². The fraction of sp³-hybridized carbons (Fsp3) is 0. The number of H-pyrrole nitrogens is 1.